The smallest absolute Gasteiger partial charge is 0.0754 e. The minimum Gasteiger partial charge on any atom is -0.569 e. The molecule has 0 fully saturated rings. The summed E-state index contributed by atoms with van der Waals surface area (Å²) in [6.07, 6.45) is 2.21. The second kappa shape index (κ2) is 1.01. The maximum Gasteiger partial charge on any atom is 0.0754 e. The summed E-state index contributed by atoms with van der Waals surface area (Å²) in [5, 5.41) is 9.84. The third-order valence-corrected chi connectivity index (χ3v) is 0.410. The Balaban J connectivity index is 3.05. The van der Waals surface area contributed by atoms with Crippen LogP contribution in [0.2, 0.25) is 0 Å². The second-order valence-electron chi connectivity index (χ2n) is 0.820. The summed E-state index contributed by atoms with van der Waals surface area (Å²) in [6.45, 7) is 0. The largest absolute Gasteiger partial charge is 0.569 e. The Morgan fingerprint density at radius 3 is 2.83 bits per heavy atom. The van der Waals surface area contributed by atoms with E-state index in [0.717, 1.165) is 12.6 Å². The Hall–Kier alpha value is -0.990. The molecule has 0 saturated carbocycles. The molecule has 1 aromatic heterocycles. The van der Waals surface area contributed by atoms with E-state index in [1.165, 1.54) is 0 Å². The molecular formula is C3H2NO2-. The SMILES string of the molecule is [O-]c1cnco1. The molecule has 0 amide bonds. The number of rotatable bonds is 0. The van der Waals surface area contributed by atoms with Crippen LogP contribution in [0, 0.1) is 0 Å². The van der Waals surface area contributed by atoms with Crippen LogP contribution in [0.25, 0.3) is 0 Å². The summed E-state index contributed by atoms with van der Waals surface area (Å²) in [5.41, 5.74) is 0. The first-order valence-electron chi connectivity index (χ1n) is 1.45. The van der Waals surface area contributed by atoms with Crippen LogP contribution in [-0.4, -0.2) is 4.98 Å². The van der Waals surface area contributed by atoms with Gasteiger partial charge in [-0.15, -0.1) is 0 Å². The highest BCUT2D eigenvalue weighted by atomic mass is 16.5. The van der Waals surface area contributed by atoms with Crippen LogP contribution in [0.15, 0.2) is 17.0 Å². The molecular weight excluding hydrogens is 82.0 g/mol. The monoisotopic (exact) mass is 84.0 g/mol. The molecule has 0 N–H and O–H groups in total. The van der Waals surface area contributed by atoms with Gasteiger partial charge in [0.05, 0.1) is 12.3 Å². The van der Waals surface area contributed by atoms with Crippen LogP contribution < -0.4 is 5.11 Å². The molecule has 3 nitrogen and oxygen atoms in total. The van der Waals surface area contributed by atoms with E-state index in [0.29, 0.717) is 0 Å². The van der Waals surface area contributed by atoms with Crippen molar-refractivity contribution in [2.45, 2.75) is 0 Å². The summed E-state index contributed by atoms with van der Waals surface area (Å²) in [6, 6.07) is 0. The molecule has 1 aromatic rings. The van der Waals surface area contributed by atoms with Gasteiger partial charge in [0.25, 0.3) is 0 Å². The first-order valence-corrected chi connectivity index (χ1v) is 1.45. The van der Waals surface area contributed by atoms with Crippen molar-refractivity contribution < 1.29 is 9.52 Å². The molecule has 1 heterocycles. The minimum atomic E-state index is -0.394. The van der Waals surface area contributed by atoms with Crippen LogP contribution in [-0.2, 0) is 0 Å². The lowest BCUT2D eigenvalue weighted by atomic mass is 10.9. The Bertz CT molecular complexity index is 112. The van der Waals surface area contributed by atoms with E-state index in [2.05, 4.69) is 9.40 Å². The van der Waals surface area contributed by atoms with Crippen LogP contribution in [0.3, 0.4) is 0 Å². The number of hydrogen-bond donors (Lipinski definition) is 0. The maximum absolute atomic E-state index is 9.84. The van der Waals surface area contributed by atoms with Gasteiger partial charge in [0.1, 0.15) is 0 Å². The average molecular weight is 84.1 g/mol. The van der Waals surface area contributed by atoms with Gasteiger partial charge in [-0.25, -0.2) is 0 Å². The van der Waals surface area contributed by atoms with Crippen molar-refractivity contribution >= 4 is 0 Å². The molecule has 0 aliphatic carbocycles. The Kier molecular flexibility index (Phi) is 0.538. The molecule has 0 aliphatic heterocycles. The molecule has 0 bridgehead atoms. The zero-order chi connectivity index (χ0) is 4.41. The standard InChI is InChI=1S/C3H3NO2/c5-3-1-4-2-6-3/h1-2,5H/p-1. The van der Waals surface area contributed by atoms with E-state index in [-0.39, 0.29) is 0 Å². The molecule has 0 aliphatic rings. The van der Waals surface area contributed by atoms with Gasteiger partial charge in [-0.3, -0.25) is 4.98 Å². The third kappa shape index (κ3) is 0.337. The lowest BCUT2D eigenvalue weighted by Gasteiger charge is -1.82. The quantitative estimate of drug-likeness (QED) is 0.435. The highest BCUT2D eigenvalue weighted by molar-refractivity contribution is 4.87. The fourth-order valence-electron chi connectivity index (χ4n) is 0.204. The summed E-state index contributed by atoms with van der Waals surface area (Å²) in [5.74, 6) is -0.394. The average Bonchev–Trinajstić information content (AvgIpc) is 1.86. The zero-order valence-electron chi connectivity index (χ0n) is 2.92. The lowest BCUT2D eigenvalue weighted by Crippen LogP contribution is -1.82. The van der Waals surface area contributed by atoms with Gasteiger partial charge in [0, 0.05) is 6.20 Å². The highest BCUT2D eigenvalue weighted by Gasteiger charge is 1.67. The van der Waals surface area contributed by atoms with E-state index in [1.54, 1.807) is 0 Å². The van der Waals surface area contributed by atoms with Crippen LogP contribution >= 0.6 is 0 Å². The van der Waals surface area contributed by atoms with Crippen molar-refractivity contribution in [3.05, 3.63) is 12.6 Å². The summed E-state index contributed by atoms with van der Waals surface area (Å²) < 4.78 is 4.17. The predicted octanol–water partition coefficient (Wildman–Crippen LogP) is -0.252. The molecule has 3 heteroatoms. The summed E-state index contributed by atoms with van der Waals surface area (Å²) in [4.78, 5) is 3.34. The van der Waals surface area contributed by atoms with E-state index in [9.17, 15) is 5.11 Å². The normalized spacial score (nSPS) is 8.67. The molecule has 6 heavy (non-hydrogen) atoms. The van der Waals surface area contributed by atoms with Crippen LogP contribution in [0.4, 0.5) is 0 Å². The molecule has 0 unspecified atom stereocenters. The molecule has 0 saturated heterocycles. The third-order valence-electron chi connectivity index (χ3n) is 0.410. The number of nitrogens with zero attached hydrogens (tertiary/aromatic N) is 1. The first-order chi connectivity index (χ1) is 2.89. The van der Waals surface area contributed by atoms with E-state index in [1.807, 2.05) is 0 Å². The summed E-state index contributed by atoms with van der Waals surface area (Å²) >= 11 is 0. The number of aromatic nitrogens is 1. The van der Waals surface area contributed by atoms with Gasteiger partial charge < -0.3 is 9.52 Å². The molecule has 0 aromatic carbocycles. The van der Waals surface area contributed by atoms with Crippen LogP contribution in [0.1, 0.15) is 0 Å². The van der Waals surface area contributed by atoms with Crippen molar-refractivity contribution in [1.29, 1.82) is 0 Å². The van der Waals surface area contributed by atoms with E-state index < -0.39 is 5.95 Å². The van der Waals surface area contributed by atoms with Gasteiger partial charge in [-0.2, -0.15) is 0 Å². The van der Waals surface area contributed by atoms with Crippen molar-refractivity contribution in [2.24, 2.45) is 0 Å². The Morgan fingerprint density at radius 1 is 1.83 bits per heavy atom. The van der Waals surface area contributed by atoms with Crippen LogP contribution in [0.5, 0.6) is 5.95 Å². The van der Waals surface area contributed by atoms with Gasteiger partial charge in [0.15, 0.2) is 0 Å². The molecule has 32 valence electrons. The number of hydrogen-bond acceptors (Lipinski definition) is 3. The van der Waals surface area contributed by atoms with Crippen molar-refractivity contribution in [3.8, 4) is 5.95 Å². The first kappa shape index (κ1) is 3.21. The van der Waals surface area contributed by atoms with Gasteiger partial charge in [0.2, 0.25) is 0 Å². The maximum atomic E-state index is 9.84. The highest BCUT2D eigenvalue weighted by Crippen LogP contribution is 1.95. The minimum absolute atomic E-state index is 0.394. The fourth-order valence-corrected chi connectivity index (χ4v) is 0.204. The molecule has 0 spiro atoms. The Morgan fingerprint density at radius 2 is 2.67 bits per heavy atom. The zero-order valence-corrected chi connectivity index (χ0v) is 2.92. The van der Waals surface area contributed by atoms with E-state index in [4.69, 9.17) is 0 Å². The molecule has 0 atom stereocenters. The van der Waals surface area contributed by atoms with Gasteiger partial charge in [-0.1, -0.05) is 0 Å². The van der Waals surface area contributed by atoms with Crippen molar-refractivity contribution in [1.82, 2.24) is 4.98 Å². The molecule has 1 rings (SSSR count). The van der Waals surface area contributed by atoms with Gasteiger partial charge in [-0.05, 0) is 0 Å². The molecule has 0 radical (unpaired) electrons. The Labute approximate surface area is 34.2 Å². The van der Waals surface area contributed by atoms with Crippen molar-refractivity contribution in [3.63, 3.8) is 0 Å². The fraction of sp³-hybridized carbons (Fsp3) is 0. The second-order valence-corrected chi connectivity index (χ2v) is 0.820. The van der Waals surface area contributed by atoms with Crippen molar-refractivity contribution in [2.75, 3.05) is 0 Å². The van der Waals surface area contributed by atoms with Gasteiger partial charge >= 0.3 is 0 Å². The summed E-state index contributed by atoms with van der Waals surface area (Å²) in [7, 11) is 0. The predicted molar refractivity (Wildman–Crippen MR) is 15.9 cm³/mol. The lowest BCUT2D eigenvalue weighted by molar-refractivity contribution is -0.293. The van der Waals surface area contributed by atoms with E-state index >= 15 is 0 Å². The number of oxazole rings is 1. The topological polar surface area (TPSA) is 49.1 Å².